The van der Waals surface area contributed by atoms with Gasteiger partial charge in [-0.2, -0.15) is 0 Å². The number of rotatable bonds is 2. The molecule has 1 aliphatic heterocycles. The van der Waals surface area contributed by atoms with Crippen LogP contribution in [-0.2, 0) is 10.2 Å². The maximum atomic E-state index is 11.0. The first kappa shape index (κ1) is 13.7. The number of nitrogens with one attached hydrogen (secondary N) is 1. The Hall–Kier alpha value is -1.71. The van der Waals surface area contributed by atoms with E-state index in [4.69, 9.17) is 5.11 Å². The van der Waals surface area contributed by atoms with E-state index in [2.05, 4.69) is 44.3 Å². The molecule has 0 aromatic heterocycles. The molecule has 2 rings (SSSR count). The summed E-state index contributed by atoms with van der Waals surface area (Å²) in [6.45, 7) is 8.22. The van der Waals surface area contributed by atoms with Gasteiger partial charge in [0.2, 0.25) is 0 Å². The van der Waals surface area contributed by atoms with Crippen LogP contribution < -0.4 is 10.2 Å². The minimum absolute atomic E-state index is 0.0578. The van der Waals surface area contributed by atoms with Gasteiger partial charge >= 0.3 is 5.97 Å². The number of fused-ring (bicyclic) bond motifs is 1. The first-order valence-corrected chi connectivity index (χ1v) is 6.73. The highest BCUT2D eigenvalue weighted by atomic mass is 16.4. The van der Waals surface area contributed by atoms with Crippen LogP contribution in [0.5, 0.6) is 0 Å². The van der Waals surface area contributed by atoms with Gasteiger partial charge in [0.05, 0.1) is 11.4 Å². The molecule has 0 bridgehead atoms. The van der Waals surface area contributed by atoms with Gasteiger partial charge in [0, 0.05) is 13.1 Å². The second-order valence-electron chi connectivity index (χ2n) is 6.08. The van der Waals surface area contributed by atoms with Gasteiger partial charge in [0.25, 0.3) is 0 Å². The molecule has 0 unspecified atom stereocenters. The molecule has 0 spiro atoms. The number of nitrogens with zero attached hydrogens (tertiary/aromatic N) is 1. The van der Waals surface area contributed by atoms with Gasteiger partial charge in [0.15, 0.2) is 0 Å². The molecule has 104 valence electrons. The first-order valence-electron chi connectivity index (χ1n) is 6.73. The predicted octanol–water partition coefficient (Wildman–Crippen LogP) is 2.69. The molecule has 1 aromatic carbocycles. The lowest BCUT2D eigenvalue weighted by Gasteiger charge is -2.26. The van der Waals surface area contributed by atoms with Crippen molar-refractivity contribution < 1.29 is 9.90 Å². The molecular weight excluding hydrogens is 240 g/mol. The largest absolute Gasteiger partial charge is 0.480 e. The summed E-state index contributed by atoms with van der Waals surface area (Å²) in [5.41, 5.74) is 3.33. The third-order valence-corrected chi connectivity index (χ3v) is 3.45. The second-order valence-corrected chi connectivity index (χ2v) is 6.08. The second kappa shape index (κ2) is 5.11. The molecule has 4 heteroatoms. The van der Waals surface area contributed by atoms with E-state index in [0.29, 0.717) is 0 Å². The summed E-state index contributed by atoms with van der Waals surface area (Å²) in [6, 6.07) is 6.31. The quantitative estimate of drug-likeness (QED) is 0.860. The summed E-state index contributed by atoms with van der Waals surface area (Å²) in [7, 11) is 0. The molecule has 0 fully saturated rings. The molecule has 4 nitrogen and oxygen atoms in total. The van der Waals surface area contributed by atoms with Crippen molar-refractivity contribution in [1.29, 1.82) is 0 Å². The Morgan fingerprint density at radius 2 is 2.16 bits per heavy atom. The molecule has 1 aromatic rings. The maximum absolute atomic E-state index is 11.0. The monoisotopic (exact) mass is 262 g/mol. The van der Waals surface area contributed by atoms with Crippen LogP contribution in [0.2, 0.25) is 0 Å². The van der Waals surface area contributed by atoms with Crippen molar-refractivity contribution >= 4 is 17.3 Å². The van der Waals surface area contributed by atoms with Gasteiger partial charge in [-0.3, -0.25) is 4.79 Å². The Labute approximate surface area is 114 Å². The normalized spacial score (nSPS) is 15.4. The van der Waals surface area contributed by atoms with E-state index in [1.54, 1.807) is 0 Å². The number of carbonyl (C=O) groups is 1. The zero-order valence-electron chi connectivity index (χ0n) is 11.9. The Bertz CT molecular complexity index is 478. The molecule has 0 saturated carbocycles. The summed E-state index contributed by atoms with van der Waals surface area (Å²) < 4.78 is 0. The van der Waals surface area contributed by atoms with Gasteiger partial charge < -0.3 is 15.3 Å². The van der Waals surface area contributed by atoms with E-state index < -0.39 is 5.97 Å². The number of carboxylic acid groups (broad SMARTS) is 1. The van der Waals surface area contributed by atoms with Crippen molar-refractivity contribution in [3.63, 3.8) is 0 Å². The summed E-state index contributed by atoms with van der Waals surface area (Å²) in [4.78, 5) is 13.0. The van der Waals surface area contributed by atoms with Crippen LogP contribution in [0.3, 0.4) is 0 Å². The Morgan fingerprint density at radius 1 is 1.42 bits per heavy atom. The molecule has 0 radical (unpaired) electrons. The molecule has 1 heterocycles. The molecule has 0 atom stereocenters. The standard InChI is InChI=1S/C15H22N2O2/c1-15(2,3)11-5-6-12-13(9-11)17(10-14(18)19)8-4-7-16-12/h5-6,9,16H,4,7-8,10H2,1-3H3,(H,18,19). The van der Waals surface area contributed by atoms with Gasteiger partial charge in [-0.05, 0) is 29.5 Å². The van der Waals surface area contributed by atoms with Crippen molar-refractivity contribution in [3.05, 3.63) is 23.8 Å². The topological polar surface area (TPSA) is 52.6 Å². The van der Waals surface area contributed by atoms with Gasteiger partial charge in [-0.15, -0.1) is 0 Å². The Kier molecular flexibility index (Phi) is 3.69. The van der Waals surface area contributed by atoms with Crippen LogP contribution in [0.25, 0.3) is 0 Å². The van der Waals surface area contributed by atoms with Crippen molar-refractivity contribution in [2.45, 2.75) is 32.6 Å². The van der Waals surface area contributed by atoms with Crippen LogP contribution >= 0.6 is 0 Å². The minimum atomic E-state index is -0.783. The van der Waals surface area contributed by atoms with Crippen LogP contribution in [0.1, 0.15) is 32.8 Å². The summed E-state index contributed by atoms with van der Waals surface area (Å²) in [5, 5.41) is 12.4. The van der Waals surface area contributed by atoms with E-state index in [0.717, 1.165) is 30.9 Å². The predicted molar refractivity (Wildman–Crippen MR) is 78.1 cm³/mol. The van der Waals surface area contributed by atoms with E-state index in [1.165, 1.54) is 5.56 Å². The average molecular weight is 262 g/mol. The number of carboxylic acids is 1. The van der Waals surface area contributed by atoms with Crippen LogP contribution in [-0.4, -0.2) is 30.7 Å². The lowest BCUT2D eigenvalue weighted by molar-refractivity contribution is -0.135. The fourth-order valence-corrected chi connectivity index (χ4v) is 2.35. The SMILES string of the molecule is CC(C)(C)c1ccc2c(c1)N(CC(=O)O)CCCN2. The lowest BCUT2D eigenvalue weighted by Crippen LogP contribution is -2.30. The number of benzene rings is 1. The van der Waals surface area contributed by atoms with E-state index in [9.17, 15) is 4.79 Å². The summed E-state index contributed by atoms with van der Waals surface area (Å²) in [5.74, 6) is -0.783. The van der Waals surface area contributed by atoms with E-state index in [1.807, 2.05) is 4.90 Å². The zero-order chi connectivity index (χ0) is 14.0. The highest BCUT2D eigenvalue weighted by Gasteiger charge is 2.21. The fourth-order valence-electron chi connectivity index (χ4n) is 2.35. The molecule has 0 aliphatic carbocycles. The van der Waals surface area contributed by atoms with E-state index >= 15 is 0 Å². The van der Waals surface area contributed by atoms with Gasteiger partial charge in [-0.25, -0.2) is 0 Å². The van der Waals surface area contributed by atoms with Crippen LogP contribution in [0.15, 0.2) is 18.2 Å². The molecule has 1 aliphatic rings. The minimum Gasteiger partial charge on any atom is -0.480 e. The molecular formula is C15H22N2O2. The molecule has 0 amide bonds. The van der Waals surface area contributed by atoms with Gasteiger partial charge in [0.1, 0.15) is 6.54 Å². The fraction of sp³-hybridized carbons (Fsp3) is 0.533. The first-order chi connectivity index (χ1) is 8.88. The van der Waals surface area contributed by atoms with E-state index in [-0.39, 0.29) is 12.0 Å². The molecule has 2 N–H and O–H groups in total. The van der Waals surface area contributed by atoms with Crippen molar-refractivity contribution in [2.24, 2.45) is 0 Å². The highest BCUT2D eigenvalue weighted by molar-refractivity contribution is 5.79. The third-order valence-electron chi connectivity index (χ3n) is 3.45. The number of aliphatic carboxylic acids is 1. The van der Waals surface area contributed by atoms with Crippen LogP contribution in [0.4, 0.5) is 11.4 Å². The van der Waals surface area contributed by atoms with Crippen LogP contribution in [0, 0.1) is 0 Å². The number of anilines is 2. The zero-order valence-corrected chi connectivity index (χ0v) is 11.9. The number of hydrogen-bond donors (Lipinski definition) is 2. The Morgan fingerprint density at radius 3 is 2.79 bits per heavy atom. The van der Waals surface area contributed by atoms with Crippen molar-refractivity contribution in [3.8, 4) is 0 Å². The summed E-state index contributed by atoms with van der Waals surface area (Å²) >= 11 is 0. The van der Waals surface area contributed by atoms with Crippen molar-refractivity contribution in [2.75, 3.05) is 29.9 Å². The van der Waals surface area contributed by atoms with Gasteiger partial charge in [-0.1, -0.05) is 26.8 Å². The Balaban J connectivity index is 2.41. The third kappa shape index (κ3) is 3.19. The lowest BCUT2D eigenvalue weighted by atomic mass is 9.86. The maximum Gasteiger partial charge on any atom is 0.323 e. The average Bonchev–Trinajstić information content (AvgIpc) is 2.49. The smallest absolute Gasteiger partial charge is 0.323 e. The molecule has 0 saturated heterocycles. The highest BCUT2D eigenvalue weighted by Crippen LogP contribution is 2.33. The molecule has 19 heavy (non-hydrogen) atoms. The summed E-state index contributed by atoms with van der Waals surface area (Å²) in [6.07, 6.45) is 0.951. The van der Waals surface area contributed by atoms with Crippen molar-refractivity contribution in [1.82, 2.24) is 0 Å². The number of hydrogen-bond acceptors (Lipinski definition) is 3.